The van der Waals surface area contributed by atoms with E-state index in [0.717, 1.165) is 6.54 Å². The largest absolute Gasteiger partial charge is 0.398 e. The highest BCUT2D eigenvalue weighted by atomic mass is 19.1. The molecule has 1 aliphatic heterocycles. The minimum absolute atomic E-state index is 0.0627. The van der Waals surface area contributed by atoms with Crippen molar-refractivity contribution in [2.45, 2.75) is 19.1 Å². The molecule has 3 rings (SSSR count). The zero-order valence-electron chi connectivity index (χ0n) is 16.4. The smallest absolute Gasteiger partial charge is 0.320 e. The maximum absolute atomic E-state index is 13.1. The number of halogens is 1. The van der Waals surface area contributed by atoms with Gasteiger partial charge in [-0.1, -0.05) is 0 Å². The van der Waals surface area contributed by atoms with Gasteiger partial charge < -0.3 is 20.7 Å². The number of nitrogen functional groups attached to an aromatic ring is 1. The number of likely N-dealkylation sites (tertiary alicyclic amines) is 1. The molecule has 0 spiro atoms. The van der Waals surface area contributed by atoms with Crippen LogP contribution in [0.4, 0.5) is 20.7 Å². The van der Waals surface area contributed by atoms with Crippen molar-refractivity contribution in [2.24, 2.45) is 0 Å². The molecule has 0 unspecified atom stereocenters. The van der Waals surface area contributed by atoms with Gasteiger partial charge in [0.2, 0.25) is 0 Å². The number of urea groups is 1. The predicted molar refractivity (Wildman–Crippen MR) is 110 cm³/mol. The Bertz CT molecular complexity index is 889. The fourth-order valence-corrected chi connectivity index (χ4v) is 3.32. The first-order chi connectivity index (χ1) is 13.9. The maximum Gasteiger partial charge on any atom is 0.320 e. The molecular weight excluding hydrogens is 375 g/mol. The van der Waals surface area contributed by atoms with Crippen LogP contribution >= 0.6 is 0 Å². The number of carbonyl (C=O) groups excluding carboxylic acids is 1. The number of nitrogens with one attached hydrogen (secondary N) is 3. The van der Waals surface area contributed by atoms with E-state index in [0.29, 0.717) is 24.3 Å². The first-order valence-electron chi connectivity index (χ1n) is 9.35. The van der Waals surface area contributed by atoms with Crippen LogP contribution in [0.25, 0.3) is 0 Å². The van der Waals surface area contributed by atoms with Gasteiger partial charge in [-0.3, -0.25) is 10.7 Å². The molecule has 1 saturated heterocycles. The Morgan fingerprint density at radius 1 is 1.38 bits per heavy atom. The topological polar surface area (TPSA) is 116 Å². The molecule has 1 fully saturated rings. The molecule has 0 aliphatic carbocycles. The third-order valence-corrected chi connectivity index (χ3v) is 4.73. The van der Waals surface area contributed by atoms with E-state index < -0.39 is 6.03 Å². The molecule has 1 aromatic heterocycles. The SMILES string of the molecule is CCO[C@@H]1CN(C)C[C@H]1NC(=O)Nc1cc(N)c(C(=N)c2ccc(F)cc2)cn1. The first-order valence-corrected chi connectivity index (χ1v) is 9.35. The molecule has 154 valence electrons. The molecule has 9 heteroatoms. The number of likely N-dealkylation sites (N-methyl/N-ethyl adjacent to an activating group) is 1. The Morgan fingerprint density at radius 2 is 2.10 bits per heavy atom. The lowest BCUT2D eigenvalue weighted by Crippen LogP contribution is -2.45. The highest BCUT2D eigenvalue weighted by molar-refractivity contribution is 6.13. The van der Waals surface area contributed by atoms with Crippen LogP contribution in [0.15, 0.2) is 36.5 Å². The monoisotopic (exact) mass is 400 g/mol. The fraction of sp³-hybridized carbons (Fsp3) is 0.350. The molecule has 2 aromatic rings. The zero-order chi connectivity index (χ0) is 21.0. The van der Waals surface area contributed by atoms with Gasteiger partial charge >= 0.3 is 6.03 Å². The summed E-state index contributed by atoms with van der Waals surface area (Å²) in [4.78, 5) is 18.6. The number of rotatable bonds is 6. The van der Waals surface area contributed by atoms with E-state index in [-0.39, 0.29) is 35.2 Å². The molecule has 0 bridgehead atoms. The quantitative estimate of drug-likeness (QED) is 0.554. The van der Waals surface area contributed by atoms with Crippen molar-refractivity contribution < 1.29 is 13.9 Å². The lowest BCUT2D eigenvalue weighted by molar-refractivity contribution is 0.0568. The zero-order valence-corrected chi connectivity index (χ0v) is 16.4. The fourth-order valence-electron chi connectivity index (χ4n) is 3.32. The summed E-state index contributed by atoms with van der Waals surface area (Å²) in [5, 5.41) is 13.8. The number of aromatic nitrogens is 1. The predicted octanol–water partition coefficient (Wildman–Crippen LogP) is 2.06. The average Bonchev–Trinajstić information content (AvgIpc) is 3.01. The minimum Gasteiger partial charge on any atom is -0.398 e. The van der Waals surface area contributed by atoms with Gasteiger partial charge in [0.05, 0.1) is 17.9 Å². The Labute approximate surface area is 168 Å². The molecule has 2 heterocycles. The summed E-state index contributed by atoms with van der Waals surface area (Å²) in [5.41, 5.74) is 7.39. The number of ether oxygens (including phenoxy) is 1. The summed E-state index contributed by atoms with van der Waals surface area (Å²) in [6.45, 7) is 3.96. The molecule has 2 atom stereocenters. The van der Waals surface area contributed by atoms with Crippen LogP contribution in [0.3, 0.4) is 0 Å². The lowest BCUT2D eigenvalue weighted by Gasteiger charge is -2.20. The first kappa shape index (κ1) is 20.7. The van der Waals surface area contributed by atoms with Crippen LogP contribution in [-0.4, -0.2) is 60.5 Å². The highest BCUT2D eigenvalue weighted by Gasteiger charge is 2.32. The Balaban J connectivity index is 1.65. The van der Waals surface area contributed by atoms with Gasteiger partial charge in [-0.25, -0.2) is 14.2 Å². The summed E-state index contributed by atoms with van der Waals surface area (Å²) >= 11 is 0. The number of anilines is 2. The number of carbonyl (C=O) groups is 1. The maximum atomic E-state index is 13.1. The van der Waals surface area contributed by atoms with Crippen molar-refractivity contribution in [1.29, 1.82) is 5.41 Å². The van der Waals surface area contributed by atoms with Crippen molar-refractivity contribution in [3.05, 3.63) is 53.5 Å². The Morgan fingerprint density at radius 3 is 2.76 bits per heavy atom. The van der Waals surface area contributed by atoms with Crippen LogP contribution in [0.5, 0.6) is 0 Å². The van der Waals surface area contributed by atoms with Crippen LogP contribution in [0.2, 0.25) is 0 Å². The van der Waals surface area contributed by atoms with Crippen LogP contribution in [0.1, 0.15) is 18.1 Å². The van der Waals surface area contributed by atoms with Gasteiger partial charge in [-0.15, -0.1) is 0 Å². The number of hydrogen-bond acceptors (Lipinski definition) is 6. The number of benzene rings is 1. The Kier molecular flexibility index (Phi) is 6.40. The van der Waals surface area contributed by atoms with E-state index in [1.165, 1.54) is 36.5 Å². The summed E-state index contributed by atoms with van der Waals surface area (Å²) in [5.74, 6) is -0.104. The number of amides is 2. The second-order valence-corrected chi connectivity index (χ2v) is 6.96. The van der Waals surface area contributed by atoms with Gasteiger partial charge in [-0.05, 0) is 38.2 Å². The van der Waals surface area contributed by atoms with Crippen molar-refractivity contribution in [1.82, 2.24) is 15.2 Å². The summed E-state index contributed by atoms with van der Waals surface area (Å²) < 4.78 is 18.8. The van der Waals surface area contributed by atoms with E-state index in [2.05, 4.69) is 20.5 Å². The third-order valence-electron chi connectivity index (χ3n) is 4.73. The molecule has 2 amide bonds. The van der Waals surface area contributed by atoms with E-state index in [4.69, 9.17) is 15.9 Å². The highest BCUT2D eigenvalue weighted by Crippen LogP contribution is 2.19. The van der Waals surface area contributed by atoms with Crippen molar-refractivity contribution in [2.75, 3.05) is 37.8 Å². The van der Waals surface area contributed by atoms with Crippen LogP contribution in [-0.2, 0) is 4.74 Å². The second kappa shape index (κ2) is 8.97. The molecule has 1 aliphatic rings. The normalized spacial score (nSPS) is 19.1. The van der Waals surface area contributed by atoms with E-state index in [9.17, 15) is 9.18 Å². The van der Waals surface area contributed by atoms with Gasteiger partial charge in [0.25, 0.3) is 0 Å². The molecule has 1 aromatic carbocycles. The number of nitrogens with two attached hydrogens (primary N) is 1. The molecule has 0 saturated carbocycles. The standard InChI is InChI=1S/C20H25FN6O2/c1-3-29-17-11-27(2)10-16(17)25-20(28)26-18-8-15(22)14(9-24-18)19(23)12-4-6-13(21)7-5-12/h4-9,16-17,23H,3,10-11H2,1-2H3,(H4,22,24,25,26,28)/t16-,17-/m1/s1. The van der Waals surface area contributed by atoms with Crippen molar-refractivity contribution >= 4 is 23.2 Å². The van der Waals surface area contributed by atoms with Crippen molar-refractivity contribution in [3.8, 4) is 0 Å². The van der Waals surface area contributed by atoms with E-state index in [1.54, 1.807) is 0 Å². The average molecular weight is 400 g/mol. The molecule has 8 nitrogen and oxygen atoms in total. The van der Waals surface area contributed by atoms with Gasteiger partial charge in [0, 0.05) is 48.8 Å². The van der Waals surface area contributed by atoms with Crippen LogP contribution < -0.4 is 16.4 Å². The van der Waals surface area contributed by atoms with Crippen LogP contribution in [0, 0.1) is 11.2 Å². The Hall–Kier alpha value is -3.04. The number of hydrogen-bond donors (Lipinski definition) is 4. The van der Waals surface area contributed by atoms with E-state index in [1.807, 2.05) is 14.0 Å². The van der Waals surface area contributed by atoms with E-state index >= 15 is 0 Å². The number of pyridine rings is 1. The summed E-state index contributed by atoms with van der Waals surface area (Å²) in [7, 11) is 1.97. The molecular formula is C20H25FN6O2. The van der Waals surface area contributed by atoms with Gasteiger partial charge in [0.15, 0.2) is 0 Å². The van der Waals surface area contributed by atoms with Crippen molar-refractivity contribution in [3.63, 3.8) is 0 Å². The summed E-state index contributed by atoms with van der Waals surface area (Å²) in [6, 6.07) is 6.54. The molecule has 29 heavy (non-hydrogen) atoms. The molecule has 0 radical (unpaired) electrons. The van der Waals surface area contributed by atoms with Gasteiger partial charge in [-0.2, -0.15) is 0 Å². The second-order valence-electron chi connectivity index (χ2n) is 6.96. The van der Waals surface area contributed by atoms with Gasteiger partial charge in [0.1, 0.15) is 11.6 Å². The molecule has 5 N–H and O–H groups in total. The summed E-state index contributed by atoms with van der Waals surface area (Å²) in [6.07, 6.45) is 1.36. The minimum atomic E-state index is -0.400. The third kappa shape index (κ3) is 5.07. The lowest BCUT2D eigenvalue weighted by atomic mass is 10.0. The number of nitrogens with zero attached hydrogens (tertiary/aromatic N) is 2.